The summed E-state index contributed by atoms with van der Waals surface area (Å²) in [5.74, 6) is 0. The van der Waals surface area contributed by atoms with Gasteiger partial charge in [0.1, 0.15) is 0 Å². The molecule has 1 heterocycles. The van der Waals surface area contributed by atoms with E-state index in [0.717, 1.165) is 19.4 Å². The SMILES string of the molecule is OCCOC1CCCOC1. The molecule has 3 nitrogen and oxygen atoms in total. The van der Waals surface area contributed by atoms with Gasteiger partial charge in [-0.15, -0.1) is 0 Å². The molecular formula is C7H14O3. The van der Waals surface area contributed by atoms with Gasteiger partial charge in [0.25, 0.3) is 0 Å². The zero-order valence-corrected chi connectivity index (χ0v) is 6.08. The molecule has 1 fully saturated rings. The van der Waals surface area contributed by atoms with Gasteiger partial charge >= 0.3 is 0 Å². The third-order valence-corrected chi connectivity index (χ3v) is 1.56. The van der Waals surface area contributed by atoms with E-state index in [1.54, 1.807) is 0 Å². The highest BCUT2D eigenvalue weighted by molar-refractivity contribution is 4.61. The maximum atomic E-state index is 8.43. The number of rotatable bonds is 3. The average molecular weight is 146 g/mol. The minimum Gasteiger partial charge on any atom is -0.394 e. The van der Waals surface area contributed by atoms with Crippen LogP contribution in [0.4, 0.5) is 0 Å². The highest BCUT2D eigenvalue weighted by atomic mass is 16.5. The van der Waals surface area contributed by atoms with Crippen LogP contribution < -0.4 is 0 Å². The van der Waals surface area contributed by atoms with Crippen LogP contribution >= 0.6 is 0 Å². The van der Waals surface area contributed by atoms with Crippen LogP contribution in [0.3, 0.4) is 0 Å². The molecule has 1 saturated heterocycles. The minimum absolute atomic E-state index is 0.108. The van der Waals surface area contributed by atoms with Crippen molar-refractivity contribution in [3.8, 4) is 0 Å². The number of hydrogen-bond acceptors (Lipinski definition) is 3. The Morgan fingerprint density at radius 3 is 3.10 bits per heavy atom. The summed E-state index contributed by atoms with van der Waals surface area (Å²) in [6.07, 6.45) is 2.37. The van der Waals surface area contributed by atoms with Crippen LogP contribution in [-0.2, 0) is 9.47 Å². The van der Waals surface area contributed by atoms with Crippen LogP contribution in [-0.4, -0.2) is 37.6 Å². The zero-order chi connectivity index (χ0) is 7.23. The third-order valence-electron chi connectivity index (χ3n) is 1.56. The fraction of sp³-hybridized carbons (Fsp3) is 1.00. The first-order valence-electron chi connectivity index (χ1n) is 3.73. The monoisotopic (exact) mass is 146 g/mol. The second-order valence-electron chi connectivity index (χ2n) is 2.43. The fourth-order valence-electron chi connectivity index (χ4n) is 1.06. The maximum absolute atomic E-state index is 8.43. The Hall–Kier alpha value is -0.120. The normalized spacial score (nSPS) is 26.7. The summed E-state index contributed by atoms with van der Waals surface area (Å²) in [6, 6.07) is 0. The van der Waals surface area contributed by atoms with Gasteiger partial charge in [0.05, 0.1) is 25.9 Å². The molecule has 0 aromatic heterocycles. The van der Waals surface area contributed by atoms with Gasteiger partial charge in [0.2, 0.25) is 0 Å². The van der Waals surface area contributed by atoms with Crippen LogP contribution in [0.1, 0.15) is 12.8 Å². The Kier molecular flexibility index (Phi) is 3.72. The largest absolute Gasteiger partial charge is 0.394 e. The quantitative estimate of drug-likeness (QED) is 0.617. The van der Waals surface area contributed by atoms with Crippen molar-refractivity contribution in [3.05, 3.63) is 0 Å². The molecule has 0 saturated carbocycles. The van der Waals surface area contributed by atoms with Crippen molar-refractivity contribution in [2.24, 2.45) is 0 Å². The first kappa shape index (κ1) is 7.98. The molecule has 1 unspecified atom stereocenters. The molecule has 0 radical (unpaired) electrons. The summed E-state index contributed by atoms with van der Waals surface area (Å²) in [5, 5.41) is 8.43. The van der Waals surface area contributed by atoms with Crippen molar-refractivity contribution in [2.75, 3.05) is 26.4 Å². The predicted molar refractivity (Wildman–Crippen MR) is 36.9 cm³/mol. The topological polar surface area (TPSA) is 38.7 Å². The summed E-state index contributed by atoms with van der Waals surface area (Å²) in [5.41, 5.74) is 0. The van der Waals surface area contributed by atoms with E-state index in [4.69, 9.17) is 14.6 Å². The number of aliphatic hydroxyl groups is 1. The second kappa shape index (κ2) is 4.66. The van der Waals surface area contributed by atoms with E-state index >= 15 is 0 Å². The molecule has 10 heavy (non-hydrogen) atoms. The zero-order valence-electron chi connectivity index (χ0n) is 6.08. The lowest BCUT2D eigenvalue weighted by molar-refractivity contribution is -0.0577. The van der Waals surface area contributed by atoms with Crippen molar-refractivity contribution in [2.45, 2.75) is 18.9 Å². The van der Waals surface area contributed by atoms with Gasteiger partial charge in [0, 0.05) is 6.61 Å². The van der Waals surface area contributed by atoms with Crippen LogP contribution in [0.15, 0.2) is 0 Å². The summed E-state index contributed by atoms with van der Waals surface area (Å²) in [6.45, 7) is 2.10. The lowest BCUT2D eigenvalue weighted by atomic mass is 10.2. The lowest BCUT2D eigenvalue weighted by Crippen LogP contribution is -2.26. The highest BCUT2D eigenvalue weighted by Gasteiger charge is 2.12. The highest BCUT2D eigenvalue weighted by Crippen LogP contribution is 2.08. The van der Waals surface area contributed by atoms with E-state index < -0.39 is 0 Å². The summed E-state index contributed by atoms with van der Waals surface area (Å²) in [7, 11) is 0. The van der Waals surface area contributed by atoms with Crippen LogP contribution in [0, 0.1) is 0 Å². The van der Waals surface area contributed by atoms with Gasteiger partial charge in [-0.05, 0) is 12.8 Å². The first-order chi connectivity index (χ1) is 4.93. The third kappa shape index (κ3) is 2.64. The Labute approximate surface area is 60.9 Å². The Balaban J connectivity index is 2.02. The van der Waals surface area contributed by atoms with E-state index in [-0.39, 0.29) is 12.7 Å². The van der Waals surface area contributed by atoms with Crippen molar-refractivity contribution in [3.63, 3.8) is 0 Å². The number of ether oxygens (including phenoxy) is 2. The van der Waals surface area contributed by atoms with Crippen LogP contribution in [0.2, 0.25) is 0 Å². The van der Waals surface area contributed by atoms with E-state index in [1.165, 1.54) is 0 Å². The van der Waals surface area contributed by atoms with Crippen molar-refractivity contribution >= 4 is 0 Å². The lowest BCUT2D eigenvalue weighted by Gasteiger charge is -2.21. The minimum atomic E-state index is 0.108. The molecular weight excluding hydrogens is 132 g/mol. The van der Waals surface area contributed by atoms with Gasteiger partial charge in [0.15, 0.2) is 0 Å². The van der Waals surface area contributed by atoms with Crippen molar-refractivity contribution in [1.82, 2.24) is 0 Å². The molecule has 0 amide bonds. The number of hydrogen-bond donors (Lipinski definition) is 1. The maximum Gasteiger partial charge on any atom is 0.0810 e. The summed E-state index contributed by atoms with van der Waals surface area (Å²) in [4.78, 5) is 0. The van der Waals surface area contributed by atoms with Crippen molar-refractivity contribution in [1.29, 1.82) is 0 Å². The van der Waals surface area contributed by atoms with Gasteiger partial charge in [-0.2, -0.15) is 0 Å². The van der Waals surface area contributed by atoms with Crippen LogP contribution in [0.5, 0.6) is 0 Å². The van der Waals surface area contributed by atoms with E-state index in [0.29, 0.717) is 13.2 Å². The van der Waals surface area contributed by atoms with Gasteiger partial charge in [-0.25, -0.2) is 0 Å². The molecule has 0 aromatic carbocycles. The molecule has 0 aromatic rings. The average Bonchev–Trinajstić information content (AvgIpc) is 2.03. The van der Waals surface area contributed by atoms with E-state index in [1.807, 2.05) is 0 Å². The molecule has 0 aliphatic carbocycles. The predicted octanol–water partition coefficient (Wildman–Crippen LogP) is 0.174. The first-order valence-corrected chi connectivity index (χ1v) is 3.73. The molecule has 1 N–H and O–H groups in total. The molecule has 60 valence electrons. The molecule has 1 atom stereocenters. The summed E-state index contributed by atoms with van der Waals surface area (Å²) >= 11 is 0. The van der Waals surface area contributed by atoms with Crippen LogP contribution in [0.25, 0.3) is 0 Å². The van der Waals surface area contributed by atoms with Gasteiger partial charge in [-0.3, -0.25) is 0 Å². The Morgan fingerprint density at radius 2 is 2.50 bits per heavy atom. The molecule has 0 bridgehead atoms. The number of aliphatic hydroxyl groups excluding tert-OH is 1. The van der Waals surface area contributed by atoms with Gasteiger partial charge < -0.3 is 14.6 Å². The molecule has 0 spiro atoms. The fourth-order valence-corrected chi connectivity index (χ4v) is 1.06. The standard InChI is InChI=1S/C7H14O3/c8-3-5-10-7-2-1-4-9-6-7/h7-8H,1-6H2. The molecule has 3 heteroatoms. The molecule has 1 aliphatic rings. The summed E-state index contributed by atoms with van der Waals surface area (Å²) < 4.78 is 10.4. The molecule has 1 aliphatic heterocycles. The second-order valence-corrected chi connectivity index (χ2v) is 2.43. The molecule has 1 rings (SSSR count). The smallest absolute Gasteiger partial charge is 0.0810 e. The Bertz CT molecular complexity index is 78.9. The Morgan fingerprint density at radius 1 is 1.60 bits per heavy atom. The van der Waals surface area contributed by atoms with E-state index in [2.05, 4.69) is 0 Å². The van der Waals surface area contributed by atoms with Crippen molar-refractivity contribution < 1.29 is 14.6 Å². The van der Waals surface area contributed by atoms with Gasteiger partial charge in [-0.1, -0.05) is 0 Å². The van der Waals surface area contributed by atoms with E-state index in [9.17, 15) is 0 Å².